The van der Waals surface area contributed by atoms with Crippen LogP contribution < -0.4 is 4.74 Å². The number of aliphatic hydroxyl groups is 1. The van der Waals surface area contributed by atoms with Crippen molar-refractivity contribution in [3.8, 4) is 5.75 Å². The van der Waals surface area contributed by atoms with Gasteiger partial charge in [0.25, 0.3) is 0 Å². The van der Waals surface area contributed by atoms with Crippen LogP contribution in [0.4, 0.5) is 0 Å². The number of hydrogen-bond acceptors (Lipinski definition) is 2. The number of rotatable bonds is 5. The Morgan fingerprint density at radius 1 is 1.21 bits per heavy atom. The Morgan fingerprint density at radius 3 is 2.58 bits per heavy atom. The lowest BCUT2D eigenvalue weighted by Gasteiger charge is -2.33. The largest absolute Gasteiger partial charge is 0.497 e. The van der Waals surface area contributed by atoms with Crippen LogP contribution in [-0.4, -0.2) is 18.3 Å². The van der Waals surface area contributed by atoms with Gasteiger partial charge in [-0.2, -0.15) is 0 Å². The van der Waals surface area contributed by atoms with E-state index in [1.54, 1.807) is 7.11 Å². The van der Waals surface area contributed by atoms with Crippen LogP contribution in [0.25, 0.3) is 0 Å². The predicted molar refractivity (Wildman–Crippen MR) is 78.4 cm³/mol. The van der Waals surface area contributed by atoms with Crippen molar-refractivity contribution in [3.05, 3.63) is 29.8 Å². The maximum Gasteiger partial charge on any atom is 0.118 e. The van der Waals surface area contributed by atoms with Crippen molar-refractivity contribution in [2.24, 2.45) is 11.8 Å². The van der Waals surface area contributed by atoms with Gasteiger partial charge in [-0.15, -0.1) is 0 Å². The molecule has 19 heavy (non-hydrogen) atoms. The number of ether oxygens (including phenoxy) is 1. The van der Waals surface area contributed by atoms with Gasteiger partial charge in [-0.3, -0.25) is 0 Å². The molecule has 0 bridgehead atoms. The molecule has 0 saturated heterocycles. The van der Waals surface area contributed by atoms with Gasteiger partial charge in [0.2, 0.25) is 0 Å². The third-order valence-corrected chi connectivity index (χ3v) is 4.40. The quantitative estimate of drug-likeness (QED) is 0.874. The Bertz CT molecular complexity index is 371. The molecule has 2 rings (SSSR count). The summed E-state index contributed by atoms with van der Waals surface area (Å²) in [6.07, 6.45) is 6.81. The zero-order valence-electron chi connectivity index (χ0n) is 12.1. The first kappa shape index (κ1) is 14.4. The lowest BCUT2D eigenvalue weighted by atomic mass is 9.75. The van der Waals surface area contributed by atoms with E-state index >= 15 is 0 Å². The summed E-state index contributed by atoms with van der Waals surface area (Å²) in [6, 6.07) is 8.26. The van der Waals surface area contributed by atoms with Crippen LogP contribution in [-0.2, 0) is 6.42 Å². The highest BCUT2D eigenvalue weighted by atomic mass is 16.5. The molecule has 0 amide bonds. The number of hydrogen-bond donors (Lipinski definition) is 1. The number of methoxy groups -OCH3 is 1. The minimum Gasteiger partial charge on any atom is -0.497 e. The Labute approximate surface area is 116 Å². The SMILES string of the molecule is CCCC1CCC(O)C(Cc2ccc(OC)cc2)C1. The molecule has 1 aromatic rings. The van der Waals surface area contributed by atoms with Gasteiger partial charge < -0.3 is 9.84 Å². The van der Waals surface area contributed by atoms with Crippen LogP contribution in [0.1, 0.15) is 44.6 Å². The van der Waals surface area contributed by atoms with Crippen molar-refractivity contribution in [2.45, 2.75) is 51.6 Å². The van der Waals surface area contributed by atoms with Crippen LogP contribution in [0, 0.1) is 11.8 Å². The topological polar surface area (TPSA) is 29.5 Å². The molecule has 2 nitrogen and oxygen atoms in total. The summed E-state index contributed by atoms with van der Waals surface area (Å²) in [6.45, 7) is 2.25. The molecule has 0 heterocycles. The number of aliphatic hydroxyl groups excluding tert-OH is 1. The molecule has 1 saturated carbocycles. The van der Waals surface area contributed by atoms with E-state index in [2.05, 4.69) is 19.1 Å². The van der Waals surface area contributed by atoms with Gasteiger partial charge >= 0.3 is 0 Å². The molecular formula is C17H26O2. The smallest absolute Gasteiger partial charge is 0.118 e. The second kappa shape index (κ2) is 6.95. The van der Waals surface area contributed by atoms with Crippen LogP contribution in [0.5, 0.6) is 5.75 Å². The van der Waals surface area contributed by atoms with Gasteiger partial charge in [-0.25, -0.2) is 0 Å². The molecule has 0 radical (unpaired) electrons. The zero-order chi connectivity index (χ0) is 13.7. The average molecular weight is 262 g/mol. The standard InChI is InChI=1S/C17H26O2/c1-3-4-13-7-10-17(18)15(11-13)12-14-5-8-16(19-2)9-6-14/h5-6,8-9,13,15,17-18H,3-4,7,10-12H2,1-2H3. The van der Waals surface area contributed by atoms with Crippen LogP contribution in [0.2, 0.25) is 0 Å². The van der Waals surface area contributed by atoms with Gasteiger partial charge in [0.1, 0.15) is 5.75 Å². The van der Waals surface area contributed by atoms with Crippen molar-refractivity contribution in [2.75, 3.05) is 7.11 Å². The molecule has 106 valence electrons. The van der Waals surface area contributed by atoms with E-state index in [4.69, 9.17) is 4.74 Å². The molecule has 3 unspecified atom stereocenters. The first-order chi connectivity index (χ1) is 9.22. The van der Waals surface area contributed by atoms with Gasteiger partial charge in [0, 0.05) is 0 Å². The second-order valence-corrected chi connectivity index (χ2v) is 5.85. The van der Waals surface area contributed by atoms with E-state index in [1.165, 1.54) is 31.2 Å². The normalized spacial score (nSPS) is 27.2. The van der Waals surface area contributed by atoms with Gasteiger partial charge in [-0.05, 0) is 55.2 Å². The third kappa shape index (κ3) is 3.97. The highest BCUT2D eigenvalue weighted by Gasteiger charge is 2.28. The Hall–Kier alpha value is -1.02. The molecule has 1 aliphatic rings. The van der Waals surface area contributed by atoms with Gasteiger partial charge in [-0.1, -0.05) is 31.9 Å². The van der Waals surface area contributed by atoms with E-state index < -0.39 is 0 Å². The van der Waals surface area contributed by atoms with Gasteiger partial charge in [0.15, 0.2) is 0 Å². The molecule has 3 atom stereocenters. The molecule has 1 fully saturated rings. The minimum absolute atomic E-state index is 0.116. The van der Waals surface area contributed by atoms with Crippen LogP contribution in [0.15, 0.2) is 24.3 Å². The third-order valence-electron chi connectivity index (χ3n) is 4.40. The monoisotopic (exact) mass is 262 g/mol. The van der Waals surface area contributed by atoms with Crippen LogP contribution in [0.3, 0.4) is 0 Å². The Balaban J connectivity index is 1.95. The fraction of sp³-hybridized carbons (Fsp3) is 0.647. The molecule has 0 aliphatic heterocycles. The van der Waals surface area contributed by atoms with Crippen LogP contribution >= 0.6 is 0 Å². The Kier molecular flexibility index (Phi) is 5.26. The molecule has 1 aliphatic carbocycles. The summed E-state index contributed by atoms with van der Waals surface area (Å²) in [5.41, 5.74) is 1.31. The lowest BCUT2D eigenvalue weighted by molar-refractivity contribution is 0.0463. The van der Waals surface area contributed by atoms with Crippen molar-refractivity contribution >= 4 is 0 Å². The lowest BCUT2D eigenvalue weighted by Crippen LogP contribution is -2.30. The van der Waals surface area contributed by atoms with E-state index in [0.29, 0.717) is 5.92 Å². The highest BCUT2D eigenvalue weighted by Crippen LogP contribution is 2.34. The zero-order valence-corrected chi connectivity index (χ0v) is 12.1. The van der Waals surface area contributed by atoms with E-state index in [-0.39, 0.29) is 6.10 Å². The van der Waals surface area contributed by atoms with E-state index in [9.17, 15) is 5.11 Å². The second-order valence-electron chi connectivity index (χ2n) is 5.85. The first-order valence-corrected chi connectivity index (χ1v) is 7.54. The average Bonchev–Trinajstić information content (AvgIpc) is 2.44. The molecular weight excluding hydrogens is 236 g/mol. The Morgan fingerprint density at radius 2 is 1.95 bits per heavy atom. The summed E-state index contributed by atoms with van der Waals surface area (Å²) in [7, 11) is 1.69. The van der Waals surface area contributed by atoms with E-state index in [1.807, 2.05) is 12.1 Å². The van der Waals surface area contributed by atoms with Crippen molar-refractivity contribution in [3.63, 3.8) is 0 Å². The summed E-state index contributed by atoms with van der Waals surface area (Å²) in [5.74, 6) is 2.15. The molecule has 0 spiro atoms. The van der Waals surface area contributed by atoms with E-state index in [0.717, 1.165) is 24.5 Å². The molecule has 0 aromatic heterocycles. The molecule has 1 aromatic carbocycles. The fourth-order valence-electron chi connectivity index (χ4n) is 3.30. The predicted octanol–water partition coefficient (Wildman–Crippen LogP) is 3.82. The molecule has 2 heteroatoms. The van der Waals surface area contributed by atoms with Crippen molar-refractivity contribution in [1.82, 2.24) is 0 Å². The summed E-state index contributed by atoms with van der Waals surface area (Å²) in [4.78, 5) is 0. The maximum absolute atomic E-state index is 10.2. The summed E-state index contributed by atoms with van der Waals surface area (Å²) >= 11 is 0. The summed E-state index contributed by atoms with van der Waals surface area (Å²) < 4.78 is 5.18. The first-order valence-electron chi connectivity index (χ1n) is 7.54. The minimum atomic E-state index is -0.116. The highest BCUT2D eigenvalue weighted by molar-refractivity contribution is 5.27. The van der Waals surface area contributed by atoms with Crippen molar-refractivity contribution < 1.29 is 9.84 Å². The van der Waals surface area contributed by atoms with Gasteiger partial charge in [0.05, 0.1) is 13.2 Å². The van der Waals surface area contributed by atoms with Crippen molar-refractivity contribution in [1.29, 1.82) is 0 Å². The number of benzene rings is 1. The fourth-order valence-corrected chi connectivity index (χ4v) is 3.30. The molecule has 1 N–H and O–H groups in total. The maximum atomic E-state index is 10.2. The summed E-state index contributed by atoms with van der Waals surface area (Å²) in [5, 5.41) is 10.2.